The second-order valence-electron chi connectivity index (χ2n) is 5.17. The zero-order valence-corrected chi connectivity index (χ0v) is 12.1. The number of nitrogens with zero attached hydrogens (tertiary/aromatic N) is 2. The Morgan fingerprint density at radius 1 is 1.16 bits per heavy atom. The van der Waals surface area contributed by atoms with Crippen LogP contribution in [0.15, 0.2) is 36.5 Å². The van der Waals surface area contributed by atoms with Gasteiger partial charge in [-0.15, -0.1) is 0 Å². The molecular formula is C16H23N3. The Bertz CT molecular complexity index is 497. The number of hydrogen-bond donors (Lipinski definition) is 1. The highest BCUT2D eigenvalue weighted by Crippen LogP contribution is 2.19. The van der Waals surface area contributed by atoms with Crippen LogP contribution >= 0.6 is 0 Å². The highest BCUT2D eigenvalue weighted by atomic mass is 15.3. The Morgan fingerprint density at radius 2 is 1.89 bits per heavy atom. The zero-order valence-electron chi connectivity index (χ0n) is 12.1. The van der Waals surface area contributed by atoms with E-state index < -0.39 is 0 Å². The Morgan fingerprint density at radius 3 is 2.53 bits per heavy atom. The molecule has 1 aromatic heterocycles. The standard InChI is InChI=1S/C16H23N3/c1-4-11-19-16(9-10-18-19)15-7-5-14(6-8-15)12-17-13(2)3/h5-10,13,17H,4,11-12H2,1-3H3. The molecule has 0 radical (unpaired) electrons. The van der Waals surface area contributed by atoms with Crippen molar-refractivity contribution in [3.63, 3.8) is 0 Å². The van der Waals surface area contributed by atoms with Gasteiger partial charge in [0.05, 0.1) is 5.69 Å². The molecule has 0 bridgehead atoms. The number of hydrogen-bond acceptors (Lipinski definition) is 2. The molecule has 1 aromatic carbocycles. The summed E-state index contributed by atoms with van der Waals surface area (Å²) in [6.07, 6.45) is 2.98. The lowest BCUT2D eigenvalue weighted by molar-refractivity contribution is 0.589. The first-order valence-corrected chi connectivity index (χ1v) is 7.05. The third-order valence-electron chi connectivity index (χ3n) is 3.12. The summed E-state index contributed by atoms with van der Waals surface area (Å²) in [7, 11) is 0. The van der Waals surface area contributed by atoms with E-state index in [1.165, 1.54) is 16.8 Å². The molecule has 0 amide bonds. The van der Waals surface area contributed by atoms with Crippen molar-refractivity contribution in [3.8, 4) is 11.3 Å². The lowest BCUT2D eigenvalue weighted by Gasteiger charge is -2.09. The van der Waals surface area contributed by atoms with Crippen molar-refractivity contribution in [2.75, 3.05) is 0 Å². The van der Waals surface area contributed by atoms with Crippen molar-refractivity contribution in [1.29, 1.82) is 0 Å². The van der Waals surface area contributed by atoms with Crippen LogP contribution in [0.25, 0.3) is 11.3 Å². The number of rotatable bonds is 6. The highest BCUT2D eigenvalue weighted by molar-refractivity contribution is 5.59. The van der Waals surface area contributed by atoms with E-state index in [4.69, 9.17) is 0 Å². The monoisotopic (exact) mass is 257 g/mol. The van der Waals surface area contributed by atoms with E-state index in [1.54, 1.807) is 0 Å². The van der Waals surface area contributed by atoms with Crippen LogP contribution in [-0.4, -0.2) is 15.8 Å². The molecule has 102 valence electrons. The van der Waals surface area contributed by atoms with Crippen molar-refractivity contribution in [1.82, 2.24) is 15.1 Å². The Labute approximate surface area is 115 Å². The molecular weight excluding hydrogens is 234 g/mol. The first-order chi connectivity index (χ1) is 9.20. The maximum atomic E-state index is 4.37. The molecule has 0 spiro atoms. The third-order valence-corrected chi connectivity index (χ3v) is 3.12. The van der Waals surface area contributed by atoms with Gasteiger partial charge in [-0.05, 0) is 23.6 Å². The van der Waals surface area contributed by atoms with Gasteiger partial charge in [-0.1, -0.05) is 45.0 Å². The molecule has 0 saturated heterocycles. The SMILES string of the molecule is CCCn1nccc1-c1ccc(CNC(C)C)cc1. The predicted octanol–water partition coefficient (Wildman–Crippen LogP) is 3.46. The summed E-state index contributed by atoms with van der Waals surface area (Å²) in [5.41, 5.74) is 3.75. The minimum absolute atomic E-state index is 0.519. The molecule has 0 fully saturated rings. The molecule has 0 saturated carbocycles. The second-order valence-corrected chi connectivity index (χ2v) is 5.17. The molecule has 1 N–H and O–H groups in total. The summed E-state index contributed by atoms with van der Waals surface area (Å²) in [5, 5.41) is 7.80. The number of aryl methyl sites for hydroxylation is 1. The van der Waals surface area contributed by atoms with E-state index >= 15 is 0 Å². The van der Waals surface area contributed by atoms with Gasteiger partial charge in [0.1, 0.15) is 0 Å². The molecule has 1 heterocycles. The molecule has 2 aromatic rings. The maximum Gasteiger partial charge on any atom is 0.0682 e. The van der Waals surface area contributed by atoms with Gasteiger partial charge in [0.15, 0.2) is 0 Å². The van der Waals surface area contributed by atoms with Gasteiger partial charge < -0.3 is 5.32 Å². The summed E-state index contributed by atoms with van der Waals surface area (Å²) in [6, 6.07) is 11.3. The maximum absolute atomic E-state index is 4.37. The van der Waals surface area contributed by atoms with Crippen LogP contribution in [-0.2, 0) is 13.1 Å². The van der Waals surface area contributed by atoms with Gasteiger partial charge in [-0.3, -0.25) is 4.68 Å². The summed E-state index contributed by atoms with van der Waals surface area (Å²) in [5.74, 6) is 0. The Kier molecular flexibility index (Phi) is 4.74. The molecule has 3 nitrogen and oxygen atoms in total. The topological polar surface area (TPSA) is 29.9 Å². The predicted molar refractivity (Wildman–Crippen MR) is 79.9 cm³/mol. The third kappa shape index (κ3) is 3.67. The van der Waals surface area contributed by atoms with Gasteiger partial charge >= 0.3 is 0 Å². The lowest BCUT2D eigenvalue weighted by atomic mass is 10.1. The van der Waals surface area contributed by atoms with E-state index in [1.807, 2.05) is 6.20 Å². The number of benzene rings is 1. The minimum atomic E-state index is 0.519. The average molecular weight is 257 g/mol. The fraction of sp³-hybridized carbons (Fsp3) is 0.438. The quantitative estimate of drug-likeness (QED) is 0.859. The Hall–Kier alpha value is -1.61. The molecule has 0 aliphatic heterocycles. The van der Waals surface area contributed by atoms with Crippen LogP contribution in [0.4, 0.5) is 0 Å². The van der Waals surface area contributed by atoms with Gasteiger partial charge in [-0.25, -0.2) is 0 Å². The van der Waals surface area contributed by atoms with E-state index in [0.717, 1.165) is 19.5 Å². The van der Waals surface area contributed by atoms with Crippen LogP contribution in [0.1, 0.15) is 32.8 Å². The molecule has 0 unspecified atom stereocenters. The van der Waals surface area contributed by atoms with Crippen LogP contribution in [0.5, 0.6) is 0 Å². The summed E-state index contributed by atoms with van der Waals surface area (Å²) < 4.78 is 2.07. The van der Waals surface area contributed by atoms with Gasteiger partial charge in [0, 0.05) is 25.3 Å². The highest BCUT2D eigenvalue weighted by Gasteiger charge is 2.04. The second kappa shape index (κ2) is 6.53. The van der Waals surface area contributed by atoms with Crippen LogP contribution < -0.4 is 5.32 Å². The van der Waals surface area contributed by atoms with E-state index in [-0.39, 0.29) is 0 Å². The average Bonchev–Trinajstić information content (AvgIpc) is 2.86. The molecule has 0 aliphatic carbocycles. The van der Waals surface area contributed by atoms with Crippen molar-refractivity contribution in [3.05, 3.63) is 42.1 Å². The van der Waals surface area contributed by atoms with Crippen molar-refractivity contribution in [2.24, 2.45) is 0 Å². The summed E-state index contributed by atoms with van der Waals surface area (Å²) in [6.45, 7) is 8.40. The van der Waals surface area contributed by atoms with Crippen LogP contribution in [0.3, 0.4) is 0 Å². The molecule has 2 rings (SSSR count). The fourth-order valence-electron chi connectivity index (χ4n) is 2.08. The van der Waals surface area contributed by atoms with Gasteiger partial charge in [-0.2, -0.15) is 5.10 Å². The van der Waals surface area contributed by atoms with Crippen LogP contribution in [0, 0.1) is 0 Å². The van der Waals surface area contributed by atoms with E-state index in [9.17, 15) is 0 Å². The van der Waals surface area contributed by atoms with Crippen LogP contribution in [0.2, 0.25) is 0 Å². The lowest BCUT2D eigenvalue weighted by Crippen LogP contribution is -2.21. The summed E-state index contributed by atoms with van der Waals surface area (Å²) in [4.78, 5) is 0. The number of aromatic nitrogens is 2. The summed E-state index contributed by atoms with van der Waals surface area (Å²) >= 11 is 0. The normalized spacial score (nSPS) is 11.2. The van der Waals surface area contributed by atoms with Crippen molar-refractivity contribution < 1.29 is 0 Å². The van der Waals surface area contributed by atoms with Gasteiger partial charge in [0.2, 0.25) is 0 Å². The minimum Gasteiger partial charge on any atom is -0.310 e. The molecule has 19 heavy (non-hydrogen) atoms. The largest absolute Gasteiger partial charge is 0.310 e. The zero-order chi connectivity index (χ0) is 13.7. The fourth-order valence-corrected chi connectivity index (χ4v) is 2.08. The molecule has 3 heteroatoms. The number of nitrogens with one attached hydrogen (secondary N) is 1. The van der Waals surface area contributed by atoms with E-state index in [2.05, 4.69) is 66.2 Å². The first-order valence-electron chi connectivity index (χ1n) is 7.05. The van der Waals surface area contributed by atoms with Crippen molar-refractivity contribution >= 4 is 0 Å². The first kappa shape index (κ1) is 13.8. The van der Waals surface area contributed by atoms with E-state index in [0.29, 0.717) is 6.04 Å². The smallest absolute Gasteiger partial charge is 0.0682 e. The van der Waals surface area contributed by atoms with Crippen molar-refractivity contribution in [2.45, 2.75) is 46.3 Å². The Balaban J connectivity index is 2.11. The van der Waals surface area contributed by atoms with Gasteiger partial charge in [0.25, 0.3) is 0 Å². The molecule has 0 aliphatic rings. The molecule has 0 atom stereocenters.